The maximum absolute atomic E-state index is 13.0. The largest absolute Gasteiger partial charge is 0.415 e. The Morgan fingerprint density at radius 1 is 0.727 bits per heavy atom. The maximum Gasteiger partial charge on any atom is 0.415 e. The van der Waals surface area contributed by atoms with Crippen molar-refractivity contribution in [2.75, 3.05) is 0 Å². The van der Waals surface area contributed by atoms with Gasteiger partial charge in [0.25, 0.3) is 0 Å². The topological polar surface area (TPSA) is 17.1 Å². The van der Waals surface area contributed by atoms with Crippen molar-refractivity contribution in [3.8, 4) is 11.1 Å². The predicted octanol–water partition coefficient (Wildman–Crippen LogP) is 4.23. The van der Waals surface area contributed by atoms with E-state index in [1.807, 2.05) is 36.4 Å². The van der Waals surface area contributed by atoms with Crippen LogP contribution >= 0.6 is 7.80 Å². The van der Waals surface area contributed by atoms with E-state index in [1.54, 1.807) is 0 Å². The number of rotatable bonds is 1. The molecule has 3 aromatic rings. The highest BCUT2D eigenvalue weighted by Crippen LogP contribution is 2.30. The molecular formula is C20H16OP+. The van der Waals surface area contributed by atoms with Crippen molar-refractivity contribution in [1.29, 1.82) is 0 Å². The molecule has 0 amide bonds. The summed E-state index contributed by atoms with van der Waals surface area (Å²) in [5, 5.41) is 1.84. The minimum atomic E-state index is -1.56. The van der Waals surface area contributed by atoms with Crippen LogP contribution in [-0.2, 0) is 17.4 Å². The van der Waals surface area contributed by atoms with Gasteiger partial charge in [-0.2, -0.15) is 0 Å². The standard InChI is InChI=1S/C20H16OP/c21-22-18-11-8-15(9-12-18)6-7-16-10-13-20(22)19(14-16)17-4-2-1-3-5-17/h1-5,8-14H,6-7H2/q+1. The first-order valence-corrected chi connectivity index (χ1v) is 8.82. The molecule has 0 saturated carbocycles. The van der Waals surface area contributed by atoms with Crippen molar-refractivity contribution >= 4 is 18.4 Å². The molecule has 22 heavy (non-hydrogen) atoms. The molecule has 1 atom stereocenters. The van der Waals surface area contributed by atoms with Crippen molar-refractivity contribution in [2.45, 2.75) is 12.8 Å². The third-order valence-electron chi connectivity index (χ3n) is 4.24. The molecule has 0 radical (unpaired) electrons. The summed E-state index contributed by atoms with van der Waals surface area (Å²) in [4.78, 5) is 0. The fourth-order valence-corrected chi connectivity index (χ4v) is 4.31. The van der Waals surface area contributed by atoms with Crippen LogP contribution in [-0.4, -0.2) is 0 Å². The zero-order chi connectivity index (χ0) is 14.9. The van der Waals surface area contributed by atoms with Crippen molar-refractivity contribution in [3.63, 3.8) is 0 Å². The van der Waals surface area contributed by atoms with Gasteiger partial charge in [-0.1, -0.05) is 53.1 Å². The number of aryl methyl sites for hydroxylation is 2. The fraction of sp³-hybridized carbons (Fsp3) is 0.100. The van der Waals surface area contributed by atoms with Crippen LogP contribution in [0.3, 0.4) is 0 Å². The molecular weight excluding hydrogens is 287 g/mol. The summed E-state index contributed by atoms with van der Waals surface area (Å²) < 4.78 is 13.0. The Labute approximate surface area is 131 Å². The SMILES string of the molecule is O=[P+]1c2ccc(cc2)CCc2ccc1c(-c1ccccc1)c2. The summed E-state index contributed by atoms with van der Waals surface area (Å²) >= 11 is 0. The molecule has 1 nitrogen and oxygen atoms in total. The Kier molecular flexibility index (Phi) is 3.36. The van der Waals surface area contributed by atoms with Crippen LogP contribution in [0.4, 0.5) is 0 Å². The number of hydrogen-bond acceptors (Lipinski definition) is 1. The van der Waals surface area contributed by atoms with Gasteiger partial charge in [0.1, 0.15) is 0 Å². The third kappa shape index (κ3) is 2.38. The molecule has 106 valence electrons. The van der Waals surface area contributed by atoms with Gasteiger partial charge in [0, 0.05) is 5.56 Å². The van der Waals surface area contributed by atoms with Crippen molar-refractivity contribution < 1.29 is 4.57 Å². The molecule has 0 spiro atoms. The zero-order valence-electron chi connectivity index (χ0n) is 12.2. The Bertz CT molecular complexity index is 835. The normalized spacial score (nSPS) is 14.8. The van der Waals surface area contributed by atoms with Crippen LogP contribution < -0.4 is 10.6 Å². The first-order valence-electron chi connectivity index (χ1n) is 7.56. The van der Waals surface area contributed by atoms with Gasteiger partial charge in [0.05, 0.1) is 0 Å². The van der Waals surface area contributed by atoms with Crippen LogP contribution in [0.25, 0.3) is 11.1 Å². The summed E-state index contributed by atoms with van der Waals surface area (Å²) in [6.45, 7) is 0. The molecule has 0 saturated heterocycles. The van der Waals surface area contributed by atoms with E-state index in [2.05, 4.69) is 36.4 Å². The van der Waals surface area contributed by atoms with Crippen LogP contribution in [0.15, 0.2) is 72.8 Å². The van der Waals surface area contributed by atoms with Crippen LogP contribution in [0.5, 0.6) is 0 Å². The van der Waals surface area contributed by atoms with Gasteiger partial charge in [-0.05, 0) is 53.8 Å². The highest BCUT2D eigenvalue weighted by Gasteiger charge is 2.28. The Balaban J connectivity index is 1.96. The molecule has 4 aliphatic rings. The Hall–Kier alpha value is -2.24. The van der Waals surface area contributed by atoms with E-state index in [0.717, 1.165) is 34.6 Å². The van der Waals surface area contributed by atoms with E-state index in [0.29, 0.717) is 0 Å². The first-order chi connectivity index (χ1) is 10.8. The van der Waals surface area contributed by atoms with Crippen LogP contribution in [0, 0.1) is 0 Å². The van der Waals surface area contributed by atoms with Gasteiger partial charge in [0.2, 0.25) is 5.30 Å². The highest BCUT2D eigenvalue weighted by molar-refractivity contribution is 7.61. The van der Waals surface area contributed by atoms with E-state index in [1.165, 1.54) is 11.1 Å². The molecule has 7 rings (SSSR count). The van der Waals surface area contributed by atoms with Gasteiger partial charge < -0.3 is 0 Å². The second-order valence-corrected chi connectivity index (χ2v) is 7.27. The molecule has 3 aromatic carbocycles. The molecule has 0 aromatic heterocycles. The fourth-order valence-electron chi connectivity index (χ4n) is 2.99. The van der Waals surface area contributed by atoms with Crippen molar-refractivity contribution in [2.24, 2.45) is 0 Å². The zero-order valence-corrected chi connectivity index (χ0v) is 13.1. The second-order valence-electron chi connectivity index (χ2n) is 5.68. The van der Waals surface area contributed by atoms with E-state index in [9.17, 15) is 4.57 Å². The Morgan fingerprint density at radius 3 is 2.18 bits per heavy atom. The average Bonchev–Trinajstić information content (AvgIpc) is 2.66. The van der Waals surface area contributed by atoms with Gasteiger partial charge in [-0.3, -0.25) is 0 Å². The van der Waals surface area contributed by atoms with Crippen LogP contribution in [0.1, 0.15) is 11.1 Å². The molecule has 0 aliphatic carbocycles. The molecule has 4 aliphatic heterocycles. The van der Waals surface area contributed by atoms with Gasteiger partial charge in [-0.15, -0.1) is 0 Å². The van der Waals surface area contributed by atoms with Crippen LogP contribution in [0.2, 0.25) is 0 Å². The average molecular weight is 303 g/mol. The highest BCUT2D eigenvalue weighted by atomic mass is 31.1. The van der Waals surface area contributed by atoms with Crippen molar-refractivity contribution in [1.82, 2.24) is 0 Å². The summed E-state index contributed by atoms with van der Waals surface area (Å²) in [6, 6.07) is 24.9. The lowest BCUT2D eigenvalue weighted by Gasteiger charge is -2.06. The third-order valence-corrected chi connectivity index (χ3v) is 5.83. The lowest BCUT2D eigenvalue weighted by atomic mass is 9.99. The lowest BCUT2D eigenvalue weighted by molar-refractivity contribution is 0.598. The Morgan fingerprint density at radius 2 is 1.41 bits per heavy atom. The van der Waals surface area contributed by atoms with E-state index in [4.69, 9.17) is 0 Å². The summed E-state index contributed by atoms with van der Waals surface area (Å²) in [6.07, 6.45) is 2.03. The molecule has 0 fully saturated rings. The minimum Gasteiger partial charge on any atom is -0.0622 e. The number of hydrogen-bond donors (Lipinski definition) is 0. The van der Waals surface area contributed by atoms with Gasteiger partial charge in [-0.25, -0.2) is 0 Å². The predicted molar refractivity (Wildman–Crippen MR) is 92.6 cm³/mol. The second kappa shape index (κ2) is 5.51. The van der Waals surface area contributed by atoms with E-state index in [-0.39, 0.29) is 0 Å². The van der Waals surface area contributed by atoms with Gasteiger partial charge >= 0.3 is 7.80 Å². The number of benzene rings is 3. The van der Waals surface area contributed by atoms with Gasteiger partial charge in [0.15, 0.2) is 5.30 Å². The quantitative estimate of drug-likeness (QED) is 0.615. The molecule has 2 heteroatoms. The summed E-state index contributed by atoms with van der Waals surface area (Å²) in [7, 11) is -1.56. The minimum absolute atomic E-state index is 0.908. The van der Waals surface area contributed by atoms with E-state index < -0.39 is 7.80 Å². The van der Waals surface area contributed by atoms with Crippen molar-refractivity contribution in [3.05, 3.63) is 83.9 Å². The molecule has 4 bridgehead atoms. The summed E-state index contributed by atoms with van der Waals surface area (Å²) in [5.41, 5.74) is 4.84. The lowest BCUT2D eigenvalue weighted by Crippen LogP contribution is -2.09. The monoisotopic (exact) mass is 303 g/mol. The maximum atomic E-state index is 13.0. The molecule has 0 N–H and O–H groups in total. The molecule has 1 unspecified atom stereocenters. The smallest absolute Gasteiger partial charge is 0.0622 e. The van der Waals surface area contributed by atoms with E-state index >= 15 is 0 Å². The first kappa shape index (κ1) is 13.4. The summed E-state index contributed by atoms with van der Waals surface area (Å²) in [5.74, 6) is 0. The molecule has 4 heterocycles.